The van der Waals surface area contributed by atoms with Crippen molar-refractivity contribution in [3.8, 4) is 17.1 Å². The molecule has 26 heavy (non-hydrogen) atoms. The van der Waals surface area contributed by atoms with Gasteiger partial charge in [-0.1, -0.05) is 6.92 Å². The van der Waals surface area contributed by atoms with E-state index in [2.05, 4.69) is 31.9 Å². The fraction of sp³-hybridized carbons (Fsp3) is 0.444. The average Bonchev–Trinajstić information content (AvgIpc) is 2.60. The van der Waals surface area contributed by atoms with Crippen molar-refractivity contribution in [2.75, 3.05) is 19.0 Å². The van der Waals surface area contributed by atoms with Gasteiger partial charge in [0.1, 0.15) is 0 Å². The van der Waals surface area contributed by atoms with Crippen molar-refractivity contribution in [3.05, 3.63) is 30.1 Å². The number of ether oxygens (including phenoxy) is 2. The summed E-state index contributed by atoms with van der Waals surface area (Å²) in [5.74, 6) is 1.11. The number of nitrogens with two attached hydrogens (primary N) is 1. The van der Waals surface area contributed by atoms with Crippen molar-refractivity contribution >= 4 is 12.0 Å². The van der Waals surface area contributed by atoms with Crippen LogP contribution in [0.25, 0.3) is 11.3 Å². The molecule has 0 fully saturated rings. The average molecular weight is 359 g/mol. The fourth-order valence-electron chi connectivity index (χ4n) is 2.50. The van der Waals surface area contributed by atoms with Gasteiger partial charge in [0.05, 0.1) is 19.4 Å². The Morgan fingerprint density at radius 2 is 2.12 bits per heavy atom. The normalized spacial score (nSPS) is 13.0. The van der Waals surface area contributed by atoms with Crippen molar-refractivity contribution in [2.45, 2.75) is 33.2 Å². The number of anilines is 1. The van der Waals surface area contributed by atoms with Crippen molar-refractivity contribution in [2.24, 2.45) is 11.7 Å². The Kier molecular flexibility index (Phi) is 6.85. The second kappa shape index (κ2) is 9.10. The predicted molar refractivity (Wildman–Crippen MR) is 99.0 cm³/mol. The lowest BCUT2D eigenvalue weighted by molar-refractivity contribution is 0.186. The molecule has 2 unspecified atom stereocenters. The van der Waals surface area contributed by atoms with Crippen molar-refractivity contribution in [3.63, 3.8) is 0 Å². The summed E-state index contributed by atoms with van der Waals surface area (Å²) < 4.78 is 10.3. The molecule has 0 aromatic carbocycles. The van der Waals surface area contributed by atoms with E-state index in [4.69, 9.17) is 10.5 Å². The van der Waals surface area contributed by atoms with Gasteiger partial charge in [-0.15, -0.1) is 0 Å². The molecule has 2 rings (SSSR count). The Labute approximate surface area is 153 Å². The minimum Gasteiger partial charge on any atom is -0.477 e. The highest BCUT2D eigenvalue weighted by Crippen LogP contribution is 2.23. The van der Waals surface area contributed by atoms with Crippen LogP contribution in [0.5, 0.6) is 5.88 Å². The van der Waals surface area contributed by atoms with Gasteiger partial charge in [0.15, 0.2) is 0 Å². The number of methoxy groups -OCH3 is 1. The predicted octanol–water partition coefficient (Wildman–Crippen LogP) is 2.78. The molecule has 2 atom stereocenters. The van der Waals surface area contributed by atoms with Gasteiger partial charge in [0.25, 0.3) is 0 Å². The molecule has 0 saturated carbocycles. The Balaban J connectivity index is 2.09. The number of nitrogens with one attached hydrogen (secondary N) is 1. The number of aryl methyl sites for hydroxylation is 1. The summed E-state index contributed by atoms with van der Waals surface area (Å²) in [4.78, 5) is 23.9. The number of hydrogen-bond donors (Lipinski definition) is 2. The Hall–Kier alpha value is -2.74. The molecule has 0 aliphatic rings. The summed E-state index contributed by atoms with van der Waals surface area (Å²) >= 11 is 0. The van der Waals surface area contributed by atoms with Crippen molar-refractivity contribution in [1.82, 2.24) is 15.0 Å². The van der Waals surface area contributed by atoms with E-state index in [0.717, 1.165) is 17.5 Å². The van der Waals surface area contributed by atoms with Gasteiger partial charge in [-0.25, -0.2) is 19.7 Å². The molecule has 0 spiro atoms. The highest BCUT2D eigenvalue weighted by atomic mass is 16.5. The highest BCUT2D eigenvalue weighted by molar-refractivity contribution is 5.82. The van der Waals surface area contributed by atoms with E-state index in [-0.39, 0.29) is 12.0 Å². The van der Waals surface area contributed by atoms with Crippen LogP contribution in [0.4, 0.5) is 10.7 Å². The van der Waals surface area contributed by atoms with Gasteiger partial charge >= 0.3 is 6.09 Å². The quantitative estimate of drug-likeness (QED) is 0.781. The van der Waals surface area contributed by atoms with Crippen LogP contribution in [0.1, 0.15) is 25.8 Å². The van der Waals surface area contributed by atoms with E-state index in [1.807, 2.05) is 19.9 Å². The fourth-order valence-corrected chi connectivity index (χ4v) is 2.50. The lowest BCUT2D eigenvalue weighted by Crippen LogP contribution is -2.21. The summed E-state index contributed by atoms with van der Waals surface area (Å²) in [6, 6.07) is 3.82. The van der Waals surface area contributed by atoms with Crippen LogP contribution in [0, 0.1) is 12.8 Å². The first-order valence-corrected chi connectivity index (χ1v) is 8.42. The first kappa shape index (κ1) is 19.6. The third-order valence-corrected chi connectivity index (χ3v) is 3.66. The Bertz CT molecular complexity index is 751. The summed E-state index contributed by atoms with van der Waals surface area (Å²) in [6.07, 6.45) is 3.51. The maximum absolute atomic E-state index is 11.3. The summed E-state index contributed by atoms with van der Waals surface area (Å²) in [5.41, 5.74) is 8.15. The molecule has 8 nitrogen and oxygen atoms in total. The number of aromatic nitrogens is 3. The van der Waals surface area contributed by atoms with Crippen LogP contribution in [-0.2, 0) is 4.74 Å². The van der Waals surface area contributed by atoms with Crippen LogP contribution >= 0.6 is 0 Å². The van der Waals surface area contributed by atoms with E-state index in [1.54, 1.807) is 18.5 Å². The van der Waals surface area contributed by atoms with E-state index < -0.39 is 6.09 Å². The van der Waals surface area contributed by atoms with E-state index in [9.17, 15) is 4.79 Å². The Morgan fingerprint density at radius 3 is 2.77 bits per heavy atom. The summed E-state index contributed by atoms with van der Waals surface area (Å²) in [5, 5.41) is 2.44. The third kappa shape index (κ3) is 5.66. The zero-order valence-corrected chi connectivity index (χ0v) is 15.5. The van der Waals surface area contributed by atoms with Gasteiger partial charge in [-0.3, -0.25) is 5.32 Å². The van der Waals surface area contributed by atoms with Crippen molar-refractivity contribution < 1.29 is 14.3 Å². The molecule has 2 aromatic rings. The first-order chi connectivity index (χ1) is 12.4. The van der Waals surface area contributed by atoms with Crippen molar-refractivity contribution in [1.29, 1.82) is 0 Å². The molecule has 140 valence electrons. The summed E-state index contributed by atoms with van der Waals surface area (Å²) in [6.45, 7) is 6.58. The molecular formula is C18H25N5O3. The molecule has 0 bridgehead atoms. The Morgan fingerprint density at radius 1 is 1.35 bits per heavy atom. The lowest BCUT2D eigenvalue weighted by Gasteiger charge is -2.15. The van der Waals surface area contributed by atoms with Gasteiger partial charge in [0.2, 0.25) is 11.8 Å². The largest absolute Gasteiger partial charge is 0.477 e. The second-order valence-corrected chi connectivity index (χ2v) is 6.36. The van der Waals surface area contributed by atoms with Crippen LogP contribution in [0.2, 0.25) is 0 Å². The molecule has 8 heteroatoms. The molecular weight excluding hydrogens is 334 g/mol. The summed E-state index contributed by atoms with van der Waals surface area (Å²) in [7, 11) is 1.28. The van der Waals surface area contributed by atoms with Gasteiger partial charge < -0.3 is 15.2 Å². The first-order valence-electron chi connectivity index (χ1n) is 8.42. The maximum Gasteiger partial charge on any atom is 0.413 e. The van der Waals surface area contributed by atoms with Crippen LogP contribution in [0.3, 0.4) is 0 Å². The maximum atomic E-state index is 11.3. The third-order valence-electron chi connectivity index (χ3n) is 3.66. The molecule has 0 saturated heterocycles. The number of carbonyl (C=O) groups is 1. The van der Waals surface area contributed by atoms with Crippen LogP contribution < -0.4 is 15.8 Å². The monoisotopic (exact) mass is 359 g/mol. The van der Waals surface area contributed by atoms with Crippen LogP contribution in [-0.4, -0.2) is 40.8 Å². The zero-order chi connectivity index (χ0) is 19.1. The minimum atomic E-state index is -0.624. The second-order valence-electron chi connectivity index (χ2n) is 6.36. The SMILES string of the molecule is COC(=O)Nc1nccc(-c2cnc(OCC(C)CC(C)N)c(C)c2)n1. The number of rotatable bonds is 7. The van der Waals surface area contributed by atoms with E-state index in [0.29, 0.717) is 24.1 Å². The highest BCUT2D eigenvalue weighted by Gasteiger charge is 2.11. The molecule has 1 amide bonds. The van der Waals surface area contributed by atoms with E-state index in [1.165, 1.54) is 7.11 Å². The van der Waals surface area contributed by atoms with E-state index >= 15 is 0 Å². The van der Waals surface area contributed by atoms with Gasteiger partial charge in [-0.05, 0) is 38.3 Å². The minimum absolute atomic E-state index is 0.149. The smallest absolute Gasteiger partial charge is 0.413 e. The van der Waals surface area contributed by atoms with Crippen LogP contribution in [0.15, 0.2) is 24.5 Å². The number of hydrogen-bond acceptors (Lipinski definition) is 7. The van der Waals surface area contributed by atoms with Gasteiger partial charge in [-0.2, -0.15) is 0 Å². The zero-order valence-electron chi connectivity index (χ0n) is 15.5. The molecule has 2 aromatic heterocycles. The topological polar surface area (TPSA) is 112 Å². The number of carbonyl (C=O) groups excluding carboxylic acids is 1. The molecule has 2 heterocycles. The standard InChI is InChI=1S/C18H25N5O3/c1-11(7-13(3)19)10-26-16-12(2)8-14(9-21-16)15-5-6-20-17(22-15)23-18(24)25-4/h5-6,8-9,11,13H,7,10,19H2,1-4H3,(H,20,22,23,24). The number of pyridine rings is 1. The lowest BCUT2D eigenvalue weighted by atomic mass is 10.0. The van der Waals surface area contributed by atoms with Gasteiger partial charge in [0, 0.05) is 29.6 Å². The molecule has 0 aliphatic carbocycles. The molecule has 0 radical (unpaired) electrons. The molecule has 0 aliphatic heterocycles. The number of nitrogens with zero attached hydrogens (tertiary/aromatic N) is 3. The number of amides is 1. The molecule has 3 N–H and O–H groups in total.